The average molecular weight is 293 g/mol. The van der Waals surface area contributed by atoms with E-state index in [0.717, 1.165) is 11.3 Å². The number of nitrogens with zero attached hydrogens (tertiary/aromatic N) is 1. The third-order valence-electron chi connectivity index (χ3n) is 2.07. The summed E-state index contributed by atoms with van der Waals surface area (Å²) in [5, 5.41) is 0.472. The van der Waals surface area contributed by atoms with E-state index in [0.29, 0.717) is 5.01 Å². The molecule has 19 heavy (non-hydrogen) atoms. The van der Waals surface area contributed by atoms with Gasteiger partial charge >= 0.3 is 5.97 Å². The van der Waals surface area contributed by atoms with E-state index in [1.807, 2.05) is 0 Å². The second-order valence-corrected chi connectivity index (χ2v) is 4.63. The van der Waals surface area contributed by atoms with E-state index >= 15 is 0 Å². The number of hydrogen-bond donors (Lipinski definition) is 0. The number of hydrogen-bond acceptors (Lipinski definition) is 6. The fourth-order valence-corrected chi connectivity index (χ4v) is 2.20. The van der Waals surface area contributed by atoms with Crippen molar-refractivity contribution in [3.05, 3.63) is 15.6 Å². The highest BCUT2D eigenvalue weighted by molar-refractivity contribution is 7.14. The summed E-state index contributed by atoms with van der Waals surface area (Å²) in [5.41, 5.74) is -0.0381. The normalized spacial score (nSPS) is 10.8. The first-order chi connectivity index (χ1) is 8.95. The molecule has 0 bridgehead atoms. The highest BCUT2D eigenvalue weighted by Crippen LogP contribution is 2.20. The predicted octanol–water partition coefficient (Wildman–Crippen LogP) is 1.96. The van der Waals surface area contributed by atoms with Gasteiger partial charge in [0.25, 0.3) is 6.43 Å². The molecule has 0 aliphatic heterocycles. The maximum absolute atomic E-state index is 11.8. The van der Waals surface area contributed by atoms with Crippen LogP contribution in [0, 0.1) is 0 Å². The van der Waals surface area contributed by atoms with Gasteiger partial charge in [0.15, 0.2) is 11.5 Å². The average Bonchev–Trinajstić information content (AvgIpc) is 2.77. The maximum atomic E-state index is 11.8. The van der Waals surface area contributed by atoms with Crippen LogP contribution >= 0.6 is 11.3 Å². The van der Waals surface area contributed by atoms with Crippen LogP contribution in [0.4, 0.5) is 8.78 Å². The Balaban J connectivity index is 2.70. The third kappa shape index (κ3) is 4.64. The van der Waals surface area contributed by atoms with Crippen LogP contribution in [0.15, 0.2) is 0 Å². The van der Waals surface area contributed by atoms with Gasteiger partial charge in [0.2, 0.25) is 0 Å². The molecule has 0 amide bonds. The van der Waals surface area contributed by atoms with Crippen molar-refractivity contribution in [1.82, 2.24) is 4.98 Å². The number of aromatic nitrogens is 1. The molecule has 0 aromatic carbocycles. The molecule has 1 heterocycles. The van der Waals surface area contributed by atoms with Gasteiger partial charge in [0, 0.05) is 13.3 Å². The minimum Gasteiger partial charge on any atom is -0.464 e. The van der Waals surface area contributed by atoms with Crippen molar-refractivity contribution in [2.45, 2.75) is 19.8 Å². The number of alkyl halides is 2. The topological polar surface area (TPSA) is 65.5 Å². The quantitative estimate of drug-likeness (QED) is 0.437. The van der Waals surface area contributed by atoms with Crippen molar-refractivity contribution in [3.63, 3.8) is 0 Å². The van der Waals surface area contributed by atoms with Crippen LogP contribution in [0.1, 0.15) is 32.1 Å². The number of carbonyl (C=O) groups excluding carboxylic acids is 2. The molecule has 0 saturated heterocycles. The van der Waals surface area contributed by atoms with Crippen LogP contribution in [-0.2, 0) is 15.9 Å². The molecular weight excluding hydrogens is 280 g/mol. The summed E-state index contributed by atoms with van der Waals surface area (Å²) >= 11 is 1.04. The summed E-state index contributed by atoms with van der Waals surface area (Å²) in [6.07, 6.45) is -2.26. The van der Waals surface area contributed by atoms with E-state index in [9.17, 15) is 18.4 Å². The molecule has 0 fully saturated rings. The number of Topliss-reactive ketones (excluding diaryl/α,β-unsaturated/α-hetero) is 1. The summed E-state index contributed by atoms with van der Waals surface area (Å²) in [5.74, 6) is -0.987. The number of carbonyl (C=O) groups is 2. The molecule has 8 heteroatoms. The molecule has 0 N–H and O–H groups in total. The van der Waals surface area contributed by atoms with E-state index in [2.05, 4.69) is 9.72 Å². The summed E-state index contributed by atoms with van der Waals surface area (Å²) in [6.45, 7) is 0.724. The Bertz CT molecular complexity index is 462. The lowest BCUT2D eigenvalue weighted by atomic mass is 10.3. The standard InChI is InChI=1S/C11H13F2NO4S/c1-6(15)10-9(11(16)17-2)14-8(19-10)3-4-18-5-7(12)13/h7H,3-5H2,1-2H3. The maximum Gasteiger partial charge on any atom is 0.358 e. The first-order valence-electron chi connectivity index (χ1n) is 5.40. The minimum absolute atomic E-state index is 0.0381. The predicted molar refractivity (Wildman–Crippen MR) is 64.0 cm³/mol. The van der Waals surface area contributed by atoms with Gasteiger partial charge in [0.05, 0.1) is 18.7 Å². The highest BCUT2D eigenvalue weighted by atomic mass is 32.1. The van der Waals surface area contributed by atoms with E-state index in [4.69, 9.17) is 4.74 Å². The number of thiazole rings is 1. The van der Waals surface area contributed by atoms with Crippen molar-refractivity contribution in [1.29, 1.82) is 0 Å². The first-order valence-corrected chi connectivity index (χ1v) is 6.22. The summed E-state index contributed by atoms with van der Waals surface area (Å²) in [4.78, 5) is 26.9. The van der Waals surface area contributed by atoms with Crippen molar-refractivity contribution in [2.24, 2.45) is 0 Å². The molecule has 5 nitrogen and oxygen atoms in total. The summed E-state index contributed by atoms with van der Waals surface area (Å²) < 4.78 is 32.9. The minimum atomic E-state index is -2.52. The molecule has 0 aliphatic carbocycles. The Morgan fingerprint density at radius 2 is 2.11 bits per heavy atom. The van der Waals surface area contributed by atoms with Gasteiger partial charge in [-0.2, -0.15) is 0 Å². The van der Waals surface area contributed by atoms with Gasteiger partial charge in [-0.15, -0.1) is 11.3 Å². The fourth-order valence-electron chi connectivity index (χ4n) is 1.28. The zero-order chi connectivity index (χ0) is 14.4. The van der Waals surface area contributed by atoms with Gasteiger partial charge in [-0.05, 0) is 0 Å². The van der Waals surface area contributed by atoms with Crippen molar-refractivity contribution in [2.75, 3.05) is 20.3 Å². The van der Waals surface area contributed by atoms with Gasteiger partial charge < -0.3 is 9.47 Å². The molecule has 1 aromatic rings. The molecule has 0 spiro atoms. The van der Waals surface area contributed by atoms with Crippen LogP contribution in [0.25, 0.3) is 0 Å². The van der Waals surface area contributed by atoms with Gasteiger partial charge in [0.1, 0.15) is 11.5 Å². The zero-order valence-corrected chi connectivity index (χ0v) is 11.3. The number of methoxy groups -OCH3 is 1. The smallest absolute Gasteiger partial charge is 0.358 e. The van der Waals surface area contributed by atoms with Crippen LogP contribution in [0.5, 0.6) is 0 Å². The Morgan fingerprint density at radius 1 is 1.42 bits per heavy atom. The van der Waals surface area contributed by atoms with Gasteiger partial charge in [-0.1, -0.05) is 0 Å². The summed E-state index contributed by atoms with van der Waals surface area (Å²) in [7, 11) is 1.19. The van der Waals surface area contributed by atoms with Crippen molar-refractivity contribution < 1.29 is 27.8 Å². The molecule has 0 aliphatic rings. The number of esters is 1. The highest BCUT2D eigenvalue weighted by Gasteiger charge is 2.21. The van der Waals surface area contributed by atoms with E-state index in [1.165, 1.54) is 14.0 Å². The van der Waals surface area contributed by atoms with Crippen LogP contribution in [0.3, 0.4) is 0 Å². The Kier molecular flexibility index (Phi) is 5.97. The molecular formula is C11H13F2NO4S. The molecule has 0 saturated carbocycles. The Hall–Kier alpha value is -1.41. The van der Waals surface area contributed by atoms with Crippen molar-refractivity contribution >= 4 is 23.1 Å². The van der Waals surface area contributed by atoms with Crippen molar-refractivity contribution in [3.8, 4) is 0 Å². The molecule has 106 valence electrons. The van der Waals surface area contributed by atoms with E-state index in [1.54, 1.807) is 0 Å². The van der Waals surface area contributed by atoms with Crippen LogP contribution < -0.4 is 0 Å². The molecule has 0 unspecified atom stereocenters. The van der Waals surface area contributed by atoms with Crippen LogP contribution in [0.2, 0.25) is 0 Å². The van der Waals surface area contributed by atoms with E-state index in [-0.39, 0.29) is 29.4 Å². The lowest BCUT2D eigenvalue weighted by Gasteiger charge is -2.00. The Labute approximate surface area is 112 Å². The first kappa shape index (κ1) is 15.6. The molecule has 1 aromatic heterocycles. The second kappa shape index (κ2) is 7.25. The number of ether oxygens (including phenoxy) is 2. The zero-order valence-electron chi connectivity index (χ0n) is 10.4. The molecule has 1 rings (SSSR count). The third-order valence-corrected chi connectivity index (χ3v) is 3.29. The summed E-state index contributed by atoms with van der Waals surface area (Å²) in [6, 6.07) is 0. The number of ketones is 1. The molecule has 0 radical (unpaired) electrons. The monoisotopic (exact) mass is 293 g/mol. The van der Waals surface area contributed by atoms with Gasteiger partial charge in [-0.25, -0.2) is 18.6 Å². The van der Waals surface area contributed by atoms with Gasteiger partial charge in [-0.3, -0.25) is 4.79 Å². The second-order valence-electron chi connectivity index (χ2n) is 3.55. The largest absolute Gasteiger partial charge is 0.464 e. The lowest BCUT2D eigenvalue weighted by Crippen LogP contribution is -2.08. The lowest BCUT2D eigenvalue weighted by molar-refractivity contribution is 0.0187. The number of rotatable bonds is 7. The SMILES string of the molecule is COC(=O)c1nc(CCOCC(F)F)sc1C(C)=O. The van der Waals surface area contributed by atoms with Crippen LogP contribution in [-0.4, -0.2) is 43.5 Å². The van der Waals surface area contributed by atoms with E-state index < -0.39 is 19.0 Å². The number of halogens is 2. The fraction of sp³-hybridized carbons (Fsp3) is 0.545. The Morgan fingerprint density at radius 3 is 2.63 bits per heavy atom. The molecule has 0 atom stereocenters.